The summed E-state index contributed by atoms with van der Waals surface area (Å²) in [7, 11) is -1.90. The van der Waals surface area contributed by atoms with E-state index in [1.54, 1.807) is 0 Å². The molecule has 0 spiro atoms. The second-order valence-corrected chi connectivity index (χ2v) is 5.64. The quantitative estimate of drug-likeness (QED) is 0.675. The maximum atomic E-state index is 11.1. The molecule has 1 aliphatic carbocycles. The molecule has 1 fully saturated rings. The molecule has 0 amide bonds. The van der Waals surface area contributed by atoms with Crippen LogP contribution in [0.5, 0.6) is 0 Å². The summed E-state index contributed by atoms with van der Waals surface area (Å²) in [6.07, 6.45) is 1.22. The standard InChI is InChI=1S/C7H12O5S/c1-12-4-7(6(8)9)3-5(7)13(2,10)11/h5H,3-4H2,1-2H3,(H,8,9). The van der Waals surface area contributed by atoms with Gasteiger partial charge in [0.05, 0.1) is 11.9 Å². The van der Waals surface area contributed by atoms with Crippen molar-refractivity contribution < 1.29 is 23.1 Å². The number of hydrogen-bond acceptors (Lipinski definition) is 4. The van der Waals surface area contributed by atoms with Crippen LogP contribution >= 0.6 is 0 Å². The monoisotopic (exact) mass is 208 g/mol. The molecule has 76 valence electrons. The van der Waals surface area contributed by atoms with E-state index >= 15 is 0 Å². The Morgan fingerprint density at radius 2 is 2.23 bits per heavy atom. The number of rotatable bonds is 4. The van der Waals surface area contributed by atoms with Crippen LogP contribution < -0.4 is 0 Å². The van der Waals surface area contributed by atoms with E-state index < -0.39 is 26.5 Å². The van der Waals surface area contributed by atoms with E-state index in [-0.39, 0.29) is 13.0 Å². The van der Waals surface area contributed by atoms with Gasteiger partial charge < -0.3 is 9.84 Å². The third kappa shape index (κ3) is 1.68. The summed E-state index contributed by atoms with van der Waals surface area (Å²) in [5, 5.41) is 8.04. The van der Waals surface area contributed by atoms with Crippen molar-refractivity contribution in [1.82, 2.24) is 0 Å². The zero-order chi connectivity index (χ0) is 10.3. The molecule has 0 aromatic rings. The number of carboxylic acid groups (broad SMARTS) is 1. The highest BCUT2D eigenvalue weighted by atomic mass is 32.2. The maximum absolute atomic E-state index is 11.1. The van der Waals surface area contributed by atoms with Crippen LogP contribution in [0.1, 0.15) is 6.42 Å². The predicted octanol–water partition coefficient (Wildman–Crippen LogP) is -0.479. The molecule has 1 aliphatic rings. The van der Waals surface area contributed by atoms with Gasteiger partial charge in [-0.1, -0.05) is 0 Å². The van der Waals surface area contributed by atoms with Crippen LogP contribution in [0.25, 0.3) is 0 Å². The molecule has 0 bridgehead atoms. The Morgan fingerprint density at radius 3 is 2.46 bits per heavy atom. The van der Waals surface area contributed by atoms with E-state index in [4.69, 9.17) is 9.84 Å². The van der Waals surface area contributed by atoms with E-state index in [1.807, 2.05) is 0 Å². The summed E-state index contributed by atoms with van der Waals surface area (Å²) in [6, 6.07) is 0. The lowest BCUT2D eigenvalue weighted by atomic mass is 10.1. The van der Waals surface area contributed by atoms with Gasteiger partial charge in [-0.25, -0.2) is 8.42 Å². The Balaban J connectivity index is 2.85. The van der Waals surface area contributed by atoms with Gasteiger partial charge in [-0.3, -0.25) is 4.79 Å². The Bertz CT molecular complexity index is 320. The molecule has 1 saturated carbocycles. The number of ether oxygens (including phenoxy) is 1. The zero-order valence-corrected chi connectivity index (χ0v) is 8.30. The van der Waals surface area contributed by atoms with E-state index in [0.29, 0.717) is 0 Å². The molecule has 5 nitrogen and oxygen atoms in total. The molecule has 0 radical (unpaired) electrons. The van der Waals surface area contributed by atoms with Crippen LogP contribution in [0.3, 0.4) is 0 Å². The average Bonchev–Trinajstić information content (AvgIpc) is 2.63. The van der Waals surface area contributed by atoms with Crippen molar-refractivity contribution >= 4 is 15.8 Å². The normalized spacial score (nSPS) is 32.9. The summed E-state index contributed by atoms with van der Waals surface area (Å²) in [4.78, 5) is 10.8. The highest BCUT2D eigenvalue weighted by molar-refractivity contribution is 7.91. The highest BCUT2D eigenvalue weighted by Gasteiger charge is 2.65. The molecule has 2 atom stereocenters. The molecule has 0 saturated heterocycles. The maximum Gasteiger partial charge on any atom is 0.313 e. The van der Waals surface area contributed by atoms with Crippen LogP contribution in [0.2, 0.25) is 0 Å². The number of aliphatic carboxylic acids is 1. The van der Waals surface area contributed by atoms with Crippen LogP contribution in [-0.4, -0.2) is 44.7 Å². The van der Waals surface area contributed by atoms with Gasteiger partial charge in [0, 0.05) is 13.4 Å². The van der Waals surface area contributed by atoms with Gasteiger partial charge in [-0.15, -0.1) is 0 Å². The third-order valence-corrected chi connectivity index (χ3v) is 4.00. The molecule has 1 N–H and O–H groups in total. The Kier molecular flexibility index (Phi) is 2.38. The number of sulfone groups is 1. The molecule has 1 rings (SSSR count). The Labute approximate surface area is 76.6 Å². The number of hydrogen-bond donors (Lipinski definition) is 1. The molecular formula is C7H12O5S. The van der Waals surface area contributed by atoms with Gasteiger partial charge in [0.25, 0.3) is 0 Å². The lowest BCUT2D eigenvalue weighted by molar-refractivity contribution is -0.145. The summed E-state index contributed by atoms with van der Waals surface area (Å²) in [5.74, 6) is -1.09. The van der Waals surface area contributed by atoms with Crippen molar-refractivity contribution in [1.29, 1.82) is 0 Å². The topological polar surface area (TPSA) is 80.7 Å². The minimum atomic E-state index is -3.27. The van der Waals surface area contributed by atoms with Crippen LogP contribution in [0.4, 0.5) is 0 Å². The summed E-state index contributed by atoms with van der Waals surface area (Å²) >= 11 is 0. The van der Waals surface area contributed by atoms with Crippen molar-refractivity contribution in [3.05, 3.63) is 0 Å². The van der Waals surface area contributed by atoms with Crippen molar-refractivity contribution in [2.24, 2.45) is 5.41 Å². The van der Waals surface area contributed by atoms with Crippen molar-refractivity contribution in [2.45, 2.75) is 11.7 Å². The number of carbonyl (C=O) groups is 1. The molecular weight excluding hydrogens is 196 g/mol. The van der Waals surface area contributed by atoms with E-state index in [1.165, 1.54) is 7.11 Å². The summed E-state index contributed by atoms with van der Waals surface area (Å²) in [6.45, 7) is -0.0416. The first kappa shape index (κ1) is 10.5. The fourth-order valence-corrected chi connectivity index (χ4v) is 3.12. The molecule has 2 unspecified atom stereocenters. The predicted molar refractivity (Wildman–Crippen MR) is 45.2 cm³/mol. The van der Waals surface area contributed by atoms with Crippen molar-refractivity contribution in [3.8, 4) is 0 Å². The van der Waals surface area contributed by atoms with E-state index in [0.717, 1.165) is 6.26 Å². The fraction of sp³-hybridized carbons (Fsp3) is 0.857. The lowest BCUT2D eigenvalue weighted by Gasteiger charge is -2.09. The first-order valence-corrected chi connectivity index (χ1v) is 5.71. The van der Waals surface area contributed by atoms with Gasteiger partial charge in [-0.2, -0.15) is 0 Å². The van der Waals surface area contributed by atoms with Crippen LogP contribution in [0, 0.1) is 5.41 Å². The largest absolute Gasteiger partial charge is 0.481 e. The van der Waals surface area contributed by atoms with Gasteiger partial charge in [-0.05, 0) is 6.42 Å². The first-order valence-electron chi connectivity index (χ1n) is 3.76. The van der Waals surface area contributed by atoms with Crippen LogP contribution in [0.15, 0.2) is 0 Å². The second-order valence-electron chi connectivity index (χ2n) is 3.42. The minimum absolute atomic E-state index is 0.0416. The number of carboxylic acids is 1. The second kappa shape index (κ2) is 2.95. The van der Waals surface area contributed by atoms with Crippen molar-refractivity contribution in [2.75, 3.05) is 20.0 Å². The average molecular weight is 208 g/mol. The zero-order valence-electron chi connectivity index (χ0n) is 7.48. The third-order valence-electron chi connectivity index (χ3n) is 2.35. The van der Waals surface area contributed by atoms with E-state index in [2.05, 4.69) is 0 Å². The van der Waals surface area contributed by atoms with E-state index in [9.17, 15) is 13.2 Å². The molecule has 0 aromatic carbocycles. The van der Waals surface area contributed by atoms with Gasteiger partial charge in [0.2, 0.25) is 0 Å². The SMILES string of the molecule is COCC1(C(=O)O)CC1S(C)(=O)=O. The van der Waals surface area contributed by atoms with Gasteiger partial charge >= 0.3 is 5.97 Å². The molecule has 13 heavy (non-hydrogen) atoms. The van der Waals surface area contributed by atoms with Crippen LogP contribution in [-0.2, 0) is 19.4 Å². The molecule has 0 aromatic heterocycles. The lowest BCUT2D eigenvalue weighted by Crippen LogP contribution is -2.27. The van der Waals surface area contributed by atoms with Gasteiger partial charge in [0.1, 0.15) is 5.41 Å². The molecule has 0 heterocycles. The highest BCUT2D eigenvalue weighted by Crippen LogP contribution is 2.50. The first-order chi connectivity index (χ1) is 5.84. The Morgan fingerprint density at radius 1 is 1.69 bits per heavy atom. The van der Waals surface area contributed by atoms with Gasteiger partial charge in [0.15, 0.2) is 9.84 Å². The smallest absolute Gasteiger partial charge is 0.313 e. The number of methoxy groups -OCH3 is 1. The summed E-state index contributed by atoms with van der Waals surface area (Å²) in [5.41, 5.74) is -1.19. The van der Waals surface area contributed by atoms with Crippen molar-refractivity contribution in [3.63, 3.8) is 0 Å². The molecule has 0 aliphatic heterocycles. The molecule has 6 heteroatoms. The fourth-order valence-electron chi connectivity index (χ4n) is 1.53. The minimum Gasteiger partial charge on any atom is -0.481 e. The Hall–Kier alpha value is -0.620. The summed E-state index contributed by atoms with van der Waals surface area (Å²) < 4.78 is 26.8.